The molecule has 166 valence electrons. The number of para-hydroxylation sites is 1. The van der Waals surface area contributed by atoms with E-state index in [0.29, 0.717) is 6.04 Å². The van der Waals surface area contributed by atoms with Crippen molar-refractivity contribution in [3.8, 4) is 0 Å². The average Bonchev–Trinajstić information content (AvgIpc) is 2.89. The Hall–Kier alpha value is -3.13. The van der Waals surface area contributed by atoms with Crippen molar-refractivity contribution < 1.29 is 0 Å². The van der Waals surface area contributed by atoms with Crippen LogP contribution >= 0.6 is 0 Å². The predicted octanol–water partition coefficient (Wildman–Crippen LogP) is 7.63. The van der Waals surface area contributed by atoms with Crippen LogP contribution in [0.3, 0.4) is 0 Å². The molecule has 2 nitrogen and oxygen atoms in total. The van der Waals surface area contributed by atoms with Gasteiger partial charge in [0, 0.05) is 29.7 Å². The fourth-order valence-corrected chi connectivity index (χ4v) is 5.97. The van der Waals surface area contributed by atoms with Crippen molar-refractivity contribution in [3.05, 3.63) is 107 Å². The topological polar surface area (TPSA) is 16.1 Å². The van der Waals surface area contributed by atoms with E-state index in [0.717, 1.165) is 30.8 Å². The van der Waals surface area contributed by atoms with Crippen LogP contribution in [0, 0.1) is 0 Å². The van der Waals surface area contributed by atoms with Gasteiger partial charge in [-0.15, -0.1) is 0 Å². The van der Waals surface area contributed by atoms with E-state index >= 15 is 0 Å². The highest BCUT2D eigenvalue weighted by Gasteiger charge is 2.28. The molecule has 1 atom stereocenters. The molecule has 6 rings (SSSR count). The number of aromatic nitrogens is 1. The molecule has 2 heterocycles. The number of hydrogen-bond donors (Lipinski definition) is 0. The van der Waals surface area contributed by atoms with Gasteiger partial charge in [-0.25, -0.2) is 0 Å². The summed E-state index contributed by atoms with van der Waals surface area (Å²) in [5, 5.41) is 1.21. The Morgan fingerprint density at radius 3 is 2.42 bits per heavy atom. The highest BCUT2D eigenvalue weighted by Crippen LogP contribution is 2.38. The number of hydrogen-bond acceptors (Lipinski definition) is 2. The molecular formula is C31H32N2. The fourth-order valence-electron chi connectivity index (χ4n) is 5.97. The van der Waals surface area contributed by atoms with E-state index in [1.165, 1.54) is 65.6 Å². The van der Waals surface area contributed by atoms with E-state index in [-0.39, 0.29) is 0 Å². The minimum absolute atomic E-state index is 0.309. The lowest BCUT2D eigenvalue weighted by atomic mass is 9.84. The van der Waals surface area contributed by atoms with Crippen molar-refractivity contribution in [1.82, 2.24) is 4.98 Å². The molecule has 33 heavy (non-hydrogen) atoms. The smallest absolute Gasteiger partial charge is 0.0705 e. The molecular weight excluding hydrogens is 400 g/mol. The molecule has 3 aromatic carbocycles. The molecule has 0 amide bonds. The summed E-state index contributed by atoms with van der Waals surface area (Å²) in [5.41, 5.74) is 8.06. The van der Waals surface area contributed by atoms with Crippen molar-refractivity contribution >= 4 is 16.6 Å². The van der Waals surface area contributed by atoms with Crippen LogP contribution in [0.5, 0.6) is 0 Å². The summed E-state index contributed by atoms with van der Waals surface area (Å²) >= 11 is 0. The van der Waals surface area contributed by atoms with Gasteiger partial charge in [0.1, 0.15) is 0 Å². The highest BCUT2D eigenvalue weighted by molar-refractivity contribution is 5.78. The molecule has 1 unspecified atom stereocenters. The molecule has 0 spiro atoms. The first-order chi connectivity index (χ1) is 16.3. The van der Waals surface area contributed by atoms with Gasteiger partial charge in [-0.1, -0.05) is 79.9 Å². The van der Waals surface area contributed by atoms with E-state index < -0.39 is 0 Å². The molecule has 0 N–H and O–H groups in total. The van der Waals surface area contributed by atoms with Crippen LogP contribution in [0.2, 0.25) is 0 Å². The molecule has 1 aliphatic carbocycles. The Morgan fingerprint density at radius 1 is 0.758 bits per heavy atom. The second kappa shape index (κ2) is 9.02. The summed E-state index contributed by atoms with van der Waals surface area (Å²) < 4.78 is 0. The zero-order valence-corrected chi connectivity index (χ0v) is 19.3. The van der Waals surface area contributed by atoms with Gasteiger partial charge in [-0.2, -0.15) is 0 Å². The second-order valence-corrected chi connectivity index (χ2v) is 9.78. The van der Waals surface area contributed by atoms with E-state index in [2.05, 4.69) is 89.8 Å². The lowest BCUT2D eigenvalue weighted by Crippen LogP contribution is -2.36. The number of nitrogens with zero attached hydrogens (tertiary/aromatic N) is 2. The van der Waals surface area contributed by atoms with E-state index in [1.807, 2.05) is 0 Å². The van der Waals surface area contributed by atoms with Crippen LogP contribution in [0.25, 0.3) is 10.9 Å². The second-order valence-electron chi connectivity index (χ2n) is 9.78. The van der Waals surface area contributed by atoms with Gasteiger partial charge in [-0.3, -0.25) is 4.98 Å². The molecule has 0 saturated heterocycles. The lowest BCUT2D eigenvalue weighted by Gasteiger charge is -2.39. The minimum Gasteiger partial charge on any atom is -0.364 e. The van der Waals surface area contributed by atoms with Crippen LogP contribution in [0.15, 0.2) is 84.9 Å². The lowest BCUT2D eigenvalue weighted by molar-refractivity contribution is 0.443. The van der Waals surface area contributed by atoms with Gasteiger partial charge in [0.2, 0.25) is 0 Å². The van der Waals surface area contributed by atoms with Crippen molar-refractivity contribution in [2.45, 2.75) is 56.9 Å². The third-order valence-corrected chi connectivity index (χ3v) is 7.77. The van der Waals surface area contributed by atoms with Crippen molar-refractivity contribution in [2.24, 2.45) is 0 Å². The fraction of sp³-hybridized carbons (Fsp3) is 0.323. The zero-order valence-electron chi connectivity index (χ0n) is 19.3. The standard InChI is InChI=1S/C31H32N2/c1-2-8-23(9-3-1)24-15-18-28(19-16-24)33-21-20-25-10-4-6-12-29(25)31(33)22-27-17-14-26-11-5-7-13-30(26)32-27/h4-7,10-19,23,31H,1-3,8-9,20-22H2. The molecule has 1 aliphatic heterocycles. The van der Waals surface area contributed by atoms with Crippen LogP contribution in [0.1, 0.15) is 66.4 Å². The number of fused-ring (bicyclic) bond motifs is 2. The summed E-state index contributed by atoms with van der Waals surface area (Å²) in [4.78, 5) is 7.63. The monoisotopic (exact) mass is 432 g/mol. The molecule has 1 aromatic heterocycles. The third-order valence-electron chi connectivity index (χ3n) is 7.77. The van der Waals surface area contributed by atoms with E-state index in [1.54, 1.807) is 0 Å². The van der Waals surface area contributed by atoms with Crippen LogP contribution in [0.4, 0.5) is 5.69 Å². The van der Waals surface area contributed by atoms with Gasteiger partial charge < -0.3 is 4.90 Å². The van der Waals surface area contributed by atoms with Crippen molar-refractivity contribution in [1.29, 1.82) is 0 Å². The van der Waals surface area contributed by atoms with Crippen molar-refractivity contribution in [3.63, 3.8) is 0 Å². The maximum atomic E-state index is 5.02. The zero-order chi connectivity index (χ0) is 22.0. The summed E-state index contributed by atoms with van der Waals surface area (Å²) in [6, 6.07) is 31.7. The summed E-state index contributed by atoms with van der Waals surface area (Å²) in [7, 11) is 0. The molecule has 1 saturated carbocycles. The van der Waals surface area contributed by atoms with Crippen molar-refractivity contribution in [2.75, 3.05) is 11.4 Å². The number of rotatable bonds is 4. The molecule has 0 radical (unpaired) electrons. The van der Waals surface area contributed by atoms with Crippen LogP contribution < -0.4 is 4.90 Å². The molecule has 2 heteroatoms. The number of benzene rings is 3. The minimum atomic E-state index is 0.309. The Morgan fingerprint density at radius 2 is 1.55 bits per heavy atom. The maximum Gasteiger partial charge on any atom is 0.0705 e. The first kappa shape index (κ1) is 20.5. The first-order valence-electron chi connectivity index (χ1n) is 12.6. The van der Waals surface area contributed by atoms with Crippen LogP contribution in [-0.2, 0) is 12.8 Å². The Kier molecular flexibility index (Phi) is 5.59. The van der Waals surface area contributed by atoms with Crippen LogP contribution in [-0.4, -0.2) is 11.5 Å². The molecule has 0 bridgehead atoms. The largest absolute Gasteiger partial charge is 0.364 e. The predicted molar refractivity (Wildman–Crippen MR) is 138 cm³/mol. The number of pyridine rings is 1. The SMILES string of the molecule is c1ccc2c(c1)CCN(c1ccc(C3CCCCC3)cc1)C2Cc1ccc2ccccc2n1. The Bertz CT molecular complexity index is 1240. The van der Waals surface area contributed by atoms with Gasteiger partial charge in [0.05, 0.1) is 11.6 Å². The molecule has 2 aliphatic rings. The molecule has 1 fully saturated rings. The van der Waals surface area contributed by atoms with Gasteiger partial charge in [0.15, 0.2) is 0 Å². The number of anilines is 1. The Labute approximate surface area is 197 Å². The normalized spacial score (nSPS) is 18.9. The summed E-state index contributed by atoms with van der Waals surface area (Å²) in [6.07, 6.45) is 8.91. The summed E-state index contributed by atoms with van der Waals surface area (Å²) in [5.74, 6) is 0.757. The summed E-state index contributed by atoms with van der Waals surface area (Å²) in [6.45, 7) is 1.05. The highest BCUT2D eigenvalue weighted by atomic mass is 15.2. The van der Waals surface area contributed by atoms with Gasteiger partial charge >= 0.3 is 0 Å². The van der Waals surface area contributed by atoms with E-state index in [9.17, 15) is 0 Å². The quantitative estimate of drug-likeness (QED) is 0.329. The first-order valence-corrected chi connectivity index (χ1v) is 12.6. The van der Waals surface area contributed by atoms with E-state index in [4.69, 9.17) is 4.98 Å². The maximum absolute atomic E-state index is 5.02. The van der Waals surface area contributed by atoms with Gasteiger partial charge in [0.25, 0.3) is 0 Å². The molecule has 4 aromatic rings. The third kappa shape index (κ3) is 4.15. The Balaban J connectivity index is 1.32. The van der Waals surface area contributed by atoms with Gasteiger partial charge in [-0.05, 0) is 66.1 Å². The average molecular weight is 433 g/mol.